The zero-order valence-electron chi connectivity index (χ0n) is 25.4. The van der Waals surface area contributed by atoms with E-state index >= 15 is 0 Å². The number of benzene rings is 4. The Labute approximate surface area is 269 Å². The number of sulfonamides is 1. The van der Waals surface area contributed by atoms with Crippen molar-refractivity contribution in [1.29, 1.82) is 0 Å². The second-order valence-electron chi connectivity index (χ2n) is 11.2. The molecule has 1 atom stereocenters. The first-order valence-electron chi connectivity index (χ1n) is 14.5. The van der Waals surface area contributed by atoms with Gasteiger partial charge >= 0.3 is 0 Å². The van der Waals surface area contributed by atoms with E-state index in [4.69, 9.17) is 0 Å². The smallest absolute Gasteiger partial charge is 0.264 e. The summed E-state index contributed by atoms with van der Waals surface area (Å²) in [6.07, 6.45) is 0.258. The normalized spacial score (nSPS) is 12.0. The van der Waals surface area contributed by atoms with Crippen LogP contribution < -0.4 is 9.62 Å². The summed E-state index contributed by atoms with van der Waals surface area (Å²) >= 11 is 3.51. The molecule has 7 nitrogen and oxygen atoms in total. The molecule has 0 aliphatic carbocycles. The Morgan fingerprint density at radius 2 is 1.45 bits per heavy atom. The van der Waals surface area contributed by atoms with Crippen LogP contribution in [0.3, 0.4) is 0 Å². The number of amides is 2. The number of hydrogen-bond acceptors (Lipinski definition) is 4. The Kier molecular flexibility index (Phi) is 11.0. The topological polar surface area (TPSA) is 86.8 Å². The van der Waals surface area contributed by atoms with E-state index in [-0.39, 0.29) is 29.8 Å². The lowest BCUT2D eigenvalue weighted by Gasteiger charge is -2.34. The number of carbonyl (C=O) groups excluding carboxylic acids is 2. The molecule has 4 aromatic rings. The molecular formula is C35H38BrN3O4S. The van der Waals surface area contributed by atoms with Gasteiger partial charge in [-0.25, -0.2) is 8.42 Å². The molecule has 0 spiro atoms. The van der Waals surface area contributed by atoms with Crippen LogP contribution in [0.2, 0.25) is 0 Å². The van der Waals surface area contributed by atoms with Crippen molar-refractivity contribution < 1.29 is 18.0 Å². The first kappa shape index (κ1) is 33.0. The minimum atomic E-state index is -4.14. The highest BCUT2D eigenvalue weighted by molar-refractivity contribution is 9.10. The van der Waals surface area contributed by atoms with Gasteiger partial charge in [-0.05, 0) is 80.8 Å². The lowest BCUT2D eigenvalue weighted by atomic mass is 10.0. The van der Waals surface area contributed by atoms with E-state index in [1.807, 2.05) is 88.4 Å². The van der Waals surface area contributed by atoms with E-state index < -0.39 is 28.5 Å². The van der Waals surface area contributed by atoms with Crippen LogP contribution in [0, 0.1) is 13.8 Å². The third-order valence-corrected chi connectivity index (χ3v) is 9.40. The van der Waals surface area contributed by atoms with E-state index in [9.17, 15) is 18.0 Å². The first-order valence-corrected chi connectivity index (χ1v) is 16.7. The predicted molar refractivity (Wildman–Crippen MR) is 179 cm³/mol. The summed E-state index contributed by atoms with van der Waals surface area (Å²) in [5, 5.41) is 2.98. The minimum Gasteiger partial charge on any atom is -0.352 e. The van der Waals surface area contributed by atoms with Gasteiger partial charge in [0.05, 0.1) is 10.6 Å². The monoisotopic (exact) mass is 675 g/mol. The highest BCUT2D eigenvalue weighted by Crippen LogP contribution is 2.26. The van der Waals surface area contributed by atoms with Crippen molar-refractivity contribution in [3.63, 3.8) is 0 Å². The molecule has 0 fully saturated rings. The van der Waals surface area contributed by atoms with Gasteiger partial charge < -0.3 is 10.2 Å². The zero-order valence-corrected chi connectivity index (χ0v) is 27.8. The van der Waals surface area contributed by atoms with Gasteiger partial charge in [-0.1, -0.05) is 88.2 Å². The van der Waals surface area contributed by atoms with Crippen LogP contribution in [0.15, 0.2) is 112 Å². The summed E-state index contributed by atoms with van der Waals surface area (Å²) in [6, 6.07) is 29.6. The zero-order chi connectivity index (χ0) is 31.9. The standard InChI is InChI=1S/C35H38BrN3O4S/c1-25(2)37-35(41)33(22-28-11-6-5-7-12-28)38(23-29-13-9-14-30(36)21-29)34(40)24-39(31-15-8-10-27(4)20-31)44(42,43)32-18-16-26(3)17-19-32/h5-21,25,33H,22-24H2,1-4H3,(H,37,41)/t33-/m0/s1. The van der Waals surface area contributed by atoms with Crippen LogP contribution in [-0.4, -0.2) is 43.8 Å². The number of halogens is 1. The Bertz CT molecular complexity index is 1690. The summed E-state index contributed by atoms with van der Waals surface area (Å²) in [6.45, 7) is 7.10. The molecule has 0 bridgehead atoms. The van der Waals surface area contributed by atoms with Crippen LogP contribution in [0.5, 0.6) is 0 Å². The minimum absolute atomic E-state index is 0.0781. The molecule has 0 aliphatic rings. The average Bonchev–Trinajstić information content (AvgIpc) is 2.98. The van der Waals surface area contributed by atoms with Gasteiger partial charge in [-0.3, -0.25) is 13.9 Å². The predicted octanol–water partition coefficient (Wildman–Crippen LogP) is 6.43. The summed E-state index contributed by atoms with van der Waals surface area (Å²) in [5.74, 6) is -0.808. The maximum Gasteiger partial charge on any atom is 0.264 e. The highest BCUT2D eigenvalue weighted by atomic mass is 79.9. The van der Waals surface area contributed by atoms with Gasteiger partial charge in [0, 0.05) is 23.5 Å². The molecule has 4 rings (SSSR count). The second kappa shape index (κ2) is 14.7. The van der Waals surface area contributed by atoms with Crippen molar-refractivity contribution in [2.75, 3.05) is 10.8 Å². The van der Waals surface area contributed by atoms with E-state index in [1.54, 1.807) is 42.5 Å². The third-order valence-electron chi connectivity index (χ3n) is 7.12. The molecule has 4 aromatic carbocycles. The fourth-order valence-electron chi connectivity index (χ4n) is 4.92. The number of hydrogen-bond donors (Lipinski definition) is 1. The van der Waals surface area contributed by atoms with Crippen LogP contribution in [0.4, 0.5) is 5.69 Å². The van der Waals surface area contributed by atoms with E-state index in [1.165, 1.54) is 4.90 Å². The van der Waals surface area contributed by atoms with Crippen molar-refractivity contribution in [2.45, 2.75) is 57.6 Å². The largest absolute Gasteiger partial charge is 0.352 e. The Hall–Kier alpha value is -3.95. The Morgan fingerprint density at radius 3 is 2.09 bits per heavy atom. The molecule has 0 saturated heterocycles. The van der Waals surface area contributed by atoms with Crippen LogP contribution in [0.25, 0.3) is 0 Å². The van der Waals surface area contributed by atoms with Gasteiger partial charge in [-0.15, -0.1) is 0 Å². The molecule has 1 N–H and O–H groups in total. The van der Waals surface area contributed by atoms with Crippen molar-refractivity contribution in [2.24, 2.45) is 0 Å². The fourth-order valence-corrected chi connectivity index (χ4v) is 6.77. The molecule has 2 amide bonds. The number of nitrogens with one attached hydrogen (secondary N) is 1. The molecule has 0 radical (unpaired) electrons. The van der Waals surface area contributed by atoms with Gasteiger partial charge in [0.25, 0.3) is 10.0 Å². The summed E-state index contributed by atoms with van der Waals surface area (Å²) in [4.78, 5) is 29.8. The second-order valence-corrected chi connectivity index (χ2v) is 14.0. The molecule has 0 aliphatic heterocycles. The number of nitrogens with zero attached hydrogens (tertiary/aromatic N) is 2. The maximum absolute atomic E-state index is 14.5. The van der Waals surface area contributed by atoms with Gasteiger partial charge in [0.15, 0.2) is 0 Å². The molecule has 9 heteroatoms. The first-order chi connectivity index (χ1) is 20.9. The van der Waals surface area contributed by atoms with Crippen LogP contribution in [-0.2, 0) is 32.6 Å². The number of rotatable bonds is 12. The highest BCUT2D eigenvalue weighted by Gasteiger charge is 2.34. The van der Waals surface area contributed by atoms with E-state index in [2.05, 4.69) is 21.2 Å². The van der Waals surface area contributed by atoms with E-state index in [0.717, 1.165) is 31.0 Å². The molecule has 230 valence electrons. The lowest BCUT2D eigenvalue weighted by molar-refractivity contribution is -0.140. The molecule has 44 heavy (non-hydrogen) atoms. The van der Waals surface area contributed by atoms with Crippen molar-refractivity contribution >= 4 is 43.5 Å². The van der Waals surface area contributed by atoms with E-state index in [0.29, 0.717) is 5.69 Å². The number of carbonyl (C=O) groups is 2. The molecule has 0 saturated carbocycles. The molecular weight excluding hydrogens is 638 g/mol. The average molecular weight is 677 g/mol. The van der Waals surface area contributed by atoms with Crippen molar-refractivity contribution in [1.82, 2.24) is 10.2 Å². The van der Waals surface area contributed by atoms with Gasteiger partial charge in [0.1, 0.15) is 12.6 Å². The molecule has 0 unspecified atom stereocenters. The van der Waals surface area contributed by atoms with Crippen molar-refractivity contribution in [3.8, 4) is 0 Å². The summed E-state index contributed by atoms with van der Waals surface area (Å²) in [7, 11) is -4.14. The quantitative estimate of drug-likeness (QED) is 0.188. The van der Waals surface area contributed by atoms with Crippen LogP contribution in [0.1, 0.15) is 36.1 Å². The third kappa shape index (κ3) is 8.57. The van der Waals surface area contributed by atoms with Crippen LogP contribution >= 0.6 is 15.9 Å². The lowest BCUT2D eigenvalue weighted by Crippen LogP contribution is -2.54. The fraction of sp³-hybridized carbons (Fsp3) is 0.257. The maximum atomic E-state index is 14.5. The number of aryl methyl sites for hydroxylation is 2. The number of anilines is 1. The van der Waals surface area contributed by atoms with Gasteiger partial charge in [-0.2, -0.15) is 0 Å². The SMILES string of the molecule is Cc1ccc(S(=O)(=O)N(CC(=O)N(Cc2cccc(Br)c2)[C@@H](Cc2ccccc2)C(=O)NC(C)C)c2cccc(C)c2)cc1. The Balaban J connectivity index is 1.81. The molecule has 0 aromatic heterocycles. The molecule has 0 heterocycles. The van der Waals surface area contributed by atoms with Gasteiger partial charge in [0.2, 0.25) is 11.8 Å². The summed E-state index contributed by atoms with van der Waals surface area (Å²) in [5.41, 5.74) is 3.82. The Morgan fingerprint density at radius 1 is 0.795 bits per heavy atom. The summed E-state index contributed by atoms with van der Waals surface area (Å²) < 4.78 is 30.2. The van der Waals surface area contributed by atoms with Crippen molar-refractivity contribution in [3.05, 3.63) is 130 Å².